The van der Waals surface area contributed by atoms with Crippen LogP contribution in [0.25, 0.3) is 0 Å². The third-order valence-corrected chi connectivity index (χ3v) is 6.93. The molecule has 1 saturated heterocycles. The molecule has 1 heterocycles. The number of nitrogens with one attached hydrogen (secondary N) is 1. The fraction of sp³-hybridized carbons (Fsp3) is 0.381. The summed E-state index contributed by atoms with van der Waals surface area (Å²) in [5.74, 6) is 0.430. The highest BCUT2D eigenvalue weighted by molar-refractivity contribution is 7.89. The largest absolute Gasteiger partial charge is 0.497 e. The molecule has 1 amide bonds. The number of hydrogen-bond donors (Lipinski definition) is 1. The molecule has 1 aliphatic heterocycles. The van der Waals surface area contributed by atoms with E-state index in [0.717, 1.165) is 24.1 Å². The number of anilines is 1. The topological polar surface area (TPSA) is 75.7 Å². The van der Waals surface area contributed by atoms with Gasteiger partial charge >= 0.3 is 0 Å². The van der Waals surface area contributed by atoms with Gasteiger partial charge in [-0.3, -0.25) is 4.79 Å². The maximum Gasteiger partial charge on any atom is 0.243 e. The van der Waals surface area contributed by atoms with Crippen LogP contribution in [0.15, 0.2) is 53.4 Å². The van der Waals surface area contributed by atoms with E-state index >= 15 is 0 Å². The number of carbonyl (C=O) groups is 1. The summed E-state index contributed by atoms with van der Waals surface area (Å²) in [7, 11) is -2.12. The smallest absolute Gasteiger partial charge is 0.243 e. The molecule has 150 valence electrons. The molecular weight excluding hydrogens is 376 g/mol. The van der Waals surface area contributed by atoms with Crippen molar-refractivity contribution in [3.05, 3.63) is 54.1 Å². The molecule has 0 saturated carbocycles. The maximum atomic E-state index is 13.1. The number of piperidine rings is 1. The Balaban J connectivity index is 1.74. The number of nitrogens with zero attached hydrogens (tertiary/aromatic N) is 1. The first kappa shape index (κ1) is 20.4. The second kappa shape index (κ2) is 8.75. The first-order valence-corrected chi connectivity index (χ1v) is 10.9. The average molecular weight is 403 g/mol. The lowest BCUT2D eigenvalue weighted by molar-refractivity contribution is -0.117. The monoisotopic (exact) mass is 402 g/mol. The Hall–Kier alpha value is -2.38. The molecule has 3 rings (SSSR count). The third-order valence-electron chi connectivity index (χ3n) is 4.96. The highest BCUT2D eigenvalue weighted by Gasteiger charge is 2.34. The van der Waals surface area contributed by atoms with Gasteiger partial charge in [-0.2, -0.15) is 4.31 Å². The molecule has 1 atom stereocenters. The van der Waals surface area contributed by atoms with E-state index in [4.69, 9.17) is 4.74 Å². The van der Waals surface area contributed by atoms with E-state index < -0.39 is 10.0 Å². The summed E-state index contributed by atoms with van der Waals surface area (Å²) in [5, 5.41) is 2.88. The van der Waals surface area contributed by atoms with Gasteiger partial charge in [0.25, 0.3) is 0 Å². The van der Waals surface area contributed by atoms with Gasteiger partial charge in [-0.15, -0.1) is 0 Å². The van der Waals surface area contributed by atoms with Crippen molar-refractivity contribution < 1.29 is 17.9 Å². The first-order chi connectivity index (χ1) is 13.4. The normalized spacial score (nSPS) is 17.9. The van der Waals surface area contributed by atoms with Crippen LogP contribution in [-0.4, -0.2) is 38.3 Å². The number of methoxy groups -OCH3 is 1. The van der Waals surface area contributed by atoms with Gasteiger partial charge in [-0.1, -0.05) is 18.6 Å². The van der Waals surface area contributed by atoms with E-state index in [1.165, 1.54) is 11.4 Å². The summed E-state index contributed by atoms with van der Waals surface area (Å²) in [5.41, 5.74) is 1.78. The van der Waals surface area contributed by atoms with Gasteiger partial charge < -0.3 is 10.1 Å². The number of ether oxygens (including phenoxy) is 1. The highest BCUT2D eigenvalue weighted by atomic mass is 32.2. The molecule has 1 N–H and O–H groups in total. The van der Waals surface area contributed by atoms with Gasteiger partial charge in [0.15, 0.2) is 0 Å². The van der Waals surface area contributed by atoms with Crippen molar-refractivity contribution in [2.45, 2.75) is 43.5 Å². The standard InChI is InChI=1S/C21H26N2O4S/c1-16-6-5-7-17(14-16)22-21(24)15-18-8-3-4-13-23(18)28(25,26)20-11-9-19(27-2)10-12-20/h5-7,9-12,14,18H,3-4,8,13,15H2,1-2H3,(H,22,24)/t18-/m1/s1. The summed E-state index contributed by atoms with van der Waals surface area (Å²) < 4.78 is 32.9. The van der Waals surface area contributed by atoms with Gasteiger partial charge in [0.2, 0.25) is 15.9 Å². The van der Waals surface area contributed by atoms with Gasteiger partial charge in [-0.05, 0) is 61.7 Å². The highest BCUT2D eigenvalue weighted by Crippen LogP contribution is 2.28. The van der Waals surface area contributed by atoms with E-state index in [2.05, 4.69) is 5.32 Å². The predicted molar refractivity (Wildman–Crippen MR) is 109 cm³/mol. The molecule has 0 bridgehead atoms. The number of hydrogen-bond acceptors (Lipinski definition) is 4. The molecular formula is C21H26N2O4S. The van der Waals surface area contributed by atoms with Crippen LogP contribution in [0.3, 0.4) is 0 Å². The van der Waals surface area contributed by atoms with Crippen LogP contribution in [0.2, 0.25) is 0 Å². The lowest BCUT2D eigenvalue weighted by atomic mass is 10.0. The molecule has 7 heteroatoms. The van der Waals surface area contributed by atoms with Gasteiger partial charge in [0.05, 0.1) is 12.0 Å². The number of benzene rings is 2. The van der Waals surface area contributed by atoms with Gasteiger partial charge in [0.1, 0.15) is 5.75 Å². The minimum absolute atomic E-state index is 0.142. The summed E-state index contributed by atoms with van der Waals surface area (Å²) in [6.07, 6.45) is 2.53. The second-order valence-corrected chi connectivity index (χ2v) is 8.95. The number of rotatable bonds is 6. The van der Waals surface area contributed by atoms with Crippen molar-refractivity contribution in [3.8, 4) is 5.75 Å². The zero-order valence-electron chi connectivity index (χ0n) is 16.2. The molecule has 2 aromatic carbocycles. The molecule has 2 aromatic rings. The first-order valence-electron chi connectivity index (χ1n) is 9.42. The van der Waals surface area contributed by atoms with Crippen molar-refractivity contribution in [3.63, 3.8) is 0 Å². The van der Waals surface area contributed by atoms with E-state index in [-0.39, 0.29) is 23.3 Å². The van der Waals surface area contributed by atoms with Crippen LogP contribution in [0.5, 0.6) is 5.75 Å². The van der Waals surface area contributed by atoms with E-state index in [9.17, 15) is 13.2 Å². The van der Waals surface area contributed by atoms with E-state index in [0.29, 0.717) is 18.7 Å². The Bertz CT molecular complexity index is 926. The SMILES string of the molecule is COc1ccc(S(=O)(=O)N2CCCC[C@@H]2CC(=O)Nc2cccc(C)c2)cc1. The Kier molecular flexibility index (Phi) is 6.36. The van der Waals surface area contributed by atoms with Crippen LogP contribution >= 0.6 is 0 Å². The zero-order chi connectivity index (χ0) is 20.1. The minimum Gasteiger partial charge on any atom is -0.497 e. The van der Waals surface area contributed by atoms with Crippen LogP contribution in [0.1, 0.15) is 31.2 Å². The van der Waals surface area contributed by atoms with Crippen LogP contribution in [0, 0.1) is 6.92 Å². The van der Waals surface area contributed by atoms with Gasteiger partial charge in [0, 0.05) is 24.7 Å². The van der Waals surface area contributed by atoms with Crippen LogP contribution in [0.4, 0.5) is 5.69 Å². The quantitative estimate of drug-likeness (QED) is 0.801. The van der Waals surface area contributed by atoms with Crippen molar-refractivity contribution in [1.82, 2.24) is 4.31 Å². The maximum absolute atomic E-state index is 13.1. The molecule has 1 aliphatic rings. The number of amides is 1. The van der Waals surface area contributed by atoms with E-state index in [1.807, 2.05) is 31.2 Å². The fourth-order valence-corrected chi connectivity index (χ4v) is 5.22. The third kappa shape index (κ3) is 4.72. The number of sulfonamides is 1. The molecule has 0 unspecified atom stereocenters. The summed E-state index contributed by atoms with van der Waals surface area (Å²) in [4.78, 5) is 12.8. The summed E-state index contributed by atoms with van der Waals surface area (Å²) in [6.45, 7) is 2.39. The van der Waals surface area contributed by atoms with Crippen molar-refractivity contribution >= 4 is 21.6 Å². The Morgan fingerprint density at radius 2 is 1.93 bits per heavy atom. The van der Waals surface area contributed by atoms with Crippen molar-refractivity contribution in [2.24, 2.45) is 0 Å². The second-order valence-electron chi connectivity index (χ2n) is 7.06. The van der Waals surface area contributed by atoms with Crippen molar-refractivity contribution in [2.75, 3.05) is 19.0 Å². The molecule has 6 nitrogen and oxygen atoms in total. The Labute approximate surface area is 166 Å². The molecule has 0 aromatic heterocycles. The molecule has 0 radical (unpaired) electrons. The van der Waals surface area contributed by atoms with Crippen LogP contribution < -0.4 is 10.1 Å². The number of aryl methyl sites for hydroxylation is 1. The zero-order valence-corrected chi connectivity index (χ0v) is 17.0. The van der Waals surface area contributed by atoms with E-state index in [1.54, 1.807) is 24.3 Å². The lowest BCUT2D eigenvalue weighted by Crippen LogP contribution is -2.45. The molecule has 28 heavy (non-hydrogen) atoms. The summed E-state index contributed by atoms with van der Waals surface area (Å²) >= 11 is 0. The predicted octanol–water partition coefficient (Wildman–Crippen LogP) is 3.58. The molecule has 0 spiro atoms. The molecule has 1 fully saturated rings. The number of carbonyl (C=O) groups excluding carboxylic acids is 1. The van der Waals surface area contributed by atoms with Gasteiger partial charge in [-0.25, -0.2) is 8.42 Å². The Morgan fingerprint density at radius 1 is 1.18 bits per heavy atom. The fourth-order valence-electron chi connectivity index (χ4n) is 3.53. The minimum atomic E-state index is -3.66. The Morgan fingerprint density at radius 3 is 2.61 bits per heavy atom. The average Bonchev–Trinajstić information content (AvgIpc) is 2.68. The van der Waals surface area contributed by atoms with Crippen molar-refractivity contribution in [1.29, 1.82) is 0 Å². The van der Waals surface area contributed by atoms with Crippen LogP contribution in [-0.2, 0) is 14.8 Å². The molecule has 0 aliphatic carbocycles. The summed E-state index contributed by atoms with van der Waals surface area (Å²) in [6, 6.07) is 13.6. The lowest BCUT2D eigenvalue weighted by Gasteiger charge is -2.34.